The maximum absolute atomic E-state index is 11.4. The Bertz CT molecular complexity index is 277. The Morgan fingerprint density at radius 1 is 1.31 bits per heavy atom. The number of carbonyl (C=O) groups is 1. The van der Waals surface area contributed by atoms with E-state index in [1.54, 1.807) is 0 Å². The predicted molar refractivity (Wildman–Crippen MR) is 61.3 cm³/mol. The van der Waals surface area contributed by atoms with E-state index in [1.165, 1.54) is 0 Å². The fourth-order valence-corrected chi connectivity index (χ4v) is 3.21. The van der Waals surface area contributed by atoms with Crippen molar-refractivity contribution < 1.29 is 14.6 Å². The zero-order chi connectivity index (χ0) is 11.8. The lowest BCUT2D eigenvalue weighted by molar-refractivity contribution is -0.151. The fraction of sp³-hybridized carbons (Fsp3) is 0.923. The lowest BCUT2D eigenvalue weighted by atomic mass is 9.80. The van der Waals surface area contributed by atoms with E-state index in [-0.39, 0.29) is 11.7 Å². The molecule has 0 aromatic carbocycles. The topological polar surface area (TPSA) is 46.5 Å². The van der Waals surface area contributed by atoms with Gasteiger partial charge >= 0.3 is 5.97 Å². The largest absolute Gasteiger partial charge is 0.481 e. The number of rotatable bonds is 3. The minimum absolute atomic E-state index is 0.0526. The van der Waals surface area contributed by atoms with Crippen LogP contribution in [-0.4, -0.2) is 22.8 Å². The van der Waals surface area contributed by atoms with Gasteiger partial charge in [0.05, 0.1) is 17.1 Å². The highest BCUT2D eigenvalue weighted by molar-refractivity contribution is 5.75. The first kappa shape index (κ1) is 11.9. The summed E-state index contributed by atoms with van der Waals surface area (Å²) in [5.74, 6) is -0.613. The second-order valence-corrected chi connectivity index (χ2v) is 6.03. The highest BCUT2D eigenvalue weighted by Gasteiger charge is 2.45. The quantitative estimate of drug-likeness (QED) is 0.804. The van der Waals surface area contributed by atoms with Crippen molar-refractivity contribution in [2.75, 3.05) is 0 Å². The monoisotopic (exact) mass is 226 g/mol. The summed E-state index contributed by atoms with van der Waals surface area (Å²) in [5, 5.41) is 9.40. The molecule has 0 amide bonds. The molecule has 0 spiro atoms. The summed E-state index contributed by atoms with van der Waals surface area (Å²) >= 11 is 0. The van der Waals surface area contributed by atoms with Gasteiger partial charge in [0.15, 0.2) is 0 Å². The van der Waals surface area contributed by atoms with Crippen molar-refractivity contribution in [3.8, 4) is 0 Å². The van der Waals surface area contributed by atoms with Crippen LogP contribution in [0.4, 0.5) is 0 Å². The SMILES string of the molecule is CC1(C)CCC(CC2(C(=O)O)CCCC2)O1. The van der Waals surface area contributed by atoms with Crippen molar-refractivity contribution in [1.82, 2.24) is 0 Å². The van der Waals surface area contributed by atoms with Crippen LogP contribution in [0.15, 0.2) is 0 Å². The Balaban J connectivity index is 2.00. The van der Waals surface area contributed by atoms with Crippen LogP contribution < -0.4 is 0 Å². The lowest BCUT2D eigenvalue weighted by Crippen LogP contribution is -2.33. The second-order valence-electron chi connectivity index (χ2n) is 6.03. The Labute approximate surface area is 97.2 Å². The van der Waals surface area contributed by atoms with Gasteiger partial charge in [-0.3, -0.25) is 4.79 Å². The fourth-order valence-electron chi connectivity index (χ4n) is 3.21. The van der Waals surface area contributed by atoms with Crippen LogP contribution in [0.2, 0.25) is 0 Å². The van der Waals surface area contributed by atoms with E-state index in [4.69, 9.17) is 4.74 Å². The molecule has 1 heterocycles. The van der Waals surface area contributed by atoms with Crippen LogP contribution >= 0.6 is 0 Å². The number of hydrogen-bond acceptors (Lipinski definition) is 2. The molecule has 3 heteroatoms. The highest BCUT2D eigenvalue weighted by Crippen LogP contribution is 2.45. The van der Waals surface area contributed by atoms with Crippen LogP contribution in [0.5, 0.6) is 0 Å². The predicted octanol–water partition coefficient (Wildman–Crippen LogP) is 2.98. The number of carboxylic acid groups (broad SMARTS) is 1. The van der Waals surface area contributed by atoms with Crippen molar-refractivity contribution >= 4 is 5.97 Å². The molecule has 92 valence electrons. The van der Waals surface area contributed by atoms with Crippen molar-refractivity contribution in [2.24, 2.45) is 5.41 Å². The van der Waals surface area contributed by atoms with Gasteiger partial charge in [-0.25, -0.2) is 0 Å². The minimum atomic E-state index is -0.613. The molecule has 2 rings (SSSR count). The molecule has 1 saturated carbocycles. The highest BCUT2D eigenvalue weighted by atomic mass is 16.5. The van der Waals surface area contributed by atoms with Crippen LogP contribution in [0.25, 0.3) is 0 Å². The Hall–Kier alpha value is -0.570. The number of ether oxygens (including phenoxy) is 1. The smallest absolute Gasteiger partial charge is 0.309 e. The van der Waals surface area contributed by atoms with Crippen molar-refractivity contribution in [3.05, 3.63) is 0 Å². The molecule has 0 bridgehead atoms. The average molecular weight is 226 g/mol. The molecule has 3 nitrogen and oxygen atoms in total. The maximum atomic E-state index is 11.4. The molecule has 1 atom stereocenters. The first-order chi connectivity index (χ1) is 7.44. The summed E-state index contributed by atoms with van der Waals surface area (Å²) in [7, 11) is 0. The van der Waals surface area contributed by atoms with Gasteiger partial charge in [-0.1, -0.05) is 12.8 Å². The Morgan fingerprint density at radius 2 is 1.94 bits per heavy atom. The Morgan fingerprint density at radius 3 is 2.38 bits per heavy atom. The molecule has 1 unspecified atom stereocenters. The number of carboxylic acids is 1. The molecule has 1 saturated heterocycles. The molecular weight excluding hydrogens is 204 g/mol. The van der Waals surface area contributed by atoms with Gasteiger partial charge < -0.3 is 9.84 Å². The normalized spacial score (nSPS) is 31.8. The lowest BCUT2D eigenvalue weighted by Gasteiger charge is -2.28. The van der Waals surface area contributed by atoms with E-state index >= 15 is 0 Å². The standard InChI is InChI=1S/C13H22O3/c1-12(2)8-5-10(16-12)9-13(11(14)15)6-3-4-7-13/h10H,3-9H2,1-2H3,(H,14,15). The number of aliphatic carboxylic acids is 1. The number of hydrogen-bond donors (Lipinski definition) is 1. The first-order valence-corrected chi connectivity index (χ1v) is 6.35. The molecular formula is C13H22O3. The van der Waals surface area contributed by atoms with Gasteiger partial charge in [0.1, 0.15) is 0 Å². The maximum Gasteiger partial charge on any atom is 0.309 e. The van der Waals surface area contributed by atoms with Crippen LogP contribution in [0.1, 0.15) is 58.8 Å². The average Bonchev–Trinajstić information content (AvgIpc) is 2.74. The molecule has 0 radical (unpaired) electrons. The van der Waals surface area contributed by atoms with E-state index in [1.807, 2.05) is 0 Å². The van der Waals surface area contributed by atoms with Crippen LogP contribution in [0.3, 0.4) is 0 Å². The zero-order valence-corrected chi connectivity index (χ0v) is 10.3. The third-order valence-corrected chi connectivity index (χ3v) is 4.19. The van der Waals surface area contributed by atoms with Crippen molar-refractivity contribution in [3.63, 3.8) is 0 Å². The van der Waals surface area contributed by atoms with Gasteiger partial charge in [0, 0.05) is 0 Å². The van der Waals surface area contributed by atoms with Gasteiger partial charge in [-0.2, -0.15) is 0 Å². The van der Waals surface area contributed by atoms with Crippen molar-refractivity contribution in [1.29, 1.82) is 0 Å². The van der Waals surface area contributed by atoms with E-state index in [9.17, 15) is 9.90 Å². The van der Waals surface area contributed by atoms with Gasteiger partial charge in [-0.15, -0.1) is 0 Å². The molecule has 0 aromatic heterocycles. The van der Waals surface area contributed by atoms with E-state index < -0.39 is 11.4 Å². The molecule has 1 aliphatic carbocycles. The van der Waals surface area contributed by atoms with E-state index in [0.29, 0.717) is 6.42 Å². The summed E-state index contributed by atoms with van der Waals surface area (Å²) in [6.07, 6.45) is 6.72. The summed E-state index contributed by atoms with van der Waals surface area (Å²) in [6.45, 7) is 4.18. The third-order valence-electron chi connectivity index (χ3n) is 4.19. The van der Waals surface area contributed by atoms with Crippen LogP contribution in [0, 0.1) is 5.41 Å². The first-order valence-electron chi connectivity index (χ1n) is 6.35. The van der Waals surface area contributed by atoms with Gasteiger partial charge in [0.2, 0.25) is 0 Å². The molecule has 2 fully saturated rings. The van der Waals surface area contributed by atoms with Gasteiger partial charge in [-0.05, 0) is 46.0 Å². The van der Waals surface area contributed by atoms with Gasteiger partial charge in [0.25, 0.3) is 0 Å². The second kappa shape index (κ2) is 4.02. The van der Waals surface area contributed by atoms with E-state index in [2.05, 4.69) is 13.8 Å². The molecule has 0 aromatic rings. The summed E-state index contributed by atoms with van der Waals surface area (Å²) < 4.78 is 5.92. The summed E-state index contributed by atoms with van der Waals surface area (Å²) in [4.78, 5) is 11.4. The third kappa shape index (κ3) is 2.24. The molecule has 16 heavy (non-hydrogen) atoms. The van der Waals surface area contributed by atoms with Crippen LogP contribution in [-0.2, 0) is 9.53 Å². The minimum Gasteiger partial charge on any atom is -0.481 e. The Kier molecular flexibility index (Phi) is 2.99. The van der Waals surface area contributed by atoms with E-state index in [0.717, 1.165) is 38.5 Å². The molecule has 1 aliphatic heterocycles. The summed E-state index contributed by atoms with van der Waals surface area (Å²) in [6, 6.07) is 0. The molecule has 2 aliphatic rings. The zero-order valence-electron chi connectivity index (χ0n) is 10.3. The summed E-state index contributed by atoms with van der Waals surface area (Å²) in [5.41, 5.74) is -0.534. The molecule has 1 N–H and O–H groups in total. The van der Waals surface area contributed by atoms with Crippen molar-refractivity contribution in [2.45, 2.75) is 70.5 Å².